The molecule has 0 aliphatic rings. The second kappa shape index (κ2) is 4.28. The molecule has 0 amide bonds. The van der Waals surface area contributed by atoms with Crippen LogP contribution in [0.1, 0.15) is 5.01 Å². The first-order chi connectivity index (χ1) is 7.24. The van der Waals surface area contributed by atoms with Gasteiger partial charge in [-0.25, -0.2) is 4.98 Å². The molecule has 5 heteroatoms. The normalized spacial score (nSPS) is 10.5. The number of benzene rings is 1. The number of carbonyl (C=O) groups is 1. The molecule has 78 valence electrons. The molecule has 2 aromatic rings. The smallest absolute Gasteiger partial charge is 0.126 e. The van der Waals surface area contributed by atoms with Gasteiger partial charge in [-0.05, 0) is 22.0 Å². The van der Waals surface area contributed by atoms with Gasteiger partial charge in [0.15, 0.2) is 0 Å². The highest BCUT2D eigenvalue weighted by molar-refractivity contribution is 9.10. The fourth-order valence-electron chi connectivity index (χ4n) is 1.29. The molecule has 1 heterocycles. The molecule has 0 atom stereocenters. The van der Waals surface area contributed by atoms with Crippen LogP contribution < -0.4 is 4.74 Å². The van der Waals surface area contributed by atoms with Crippen molar-refractivity contribution in [2.75, 3.05) is 7.11 Å². The fraction of sp³-hybridized carbons (Fsp3) is 0.200. The predicted octanol–water partition coefficient (Wildman–Crippen LogP) is 2.81. The number of aromatic nitrogens is 1. The molecule has 0 N–H and O–H groups in total. The Morgan fingerprint density at radius 3 is 3.07 bits per heavy atom. The Labute approximate surface area is 99.2 Å². The number of hydrogen-bond donors (Lipinski definition) is 0. The van der Waals surface area contributed by atoms with Crippen LogP contribution in [0.3, 0.4) is 0 Å². The predicted molar refractivity (Wildman–Crippen MR) is 63.6 cm³/mol. The first-order valence-corrected chi connectivity index (χ1v) is 5.92. The lowest BCUT2D eigenvalue weighted by Gasteiger charge is -1.99. The third-order valence-electron chi connectivity index (χ3n) is 1.96. The molecule has 1 aromatic carbocycles. The maximum atomic E-state index is 10.4. The number of ether oxygens (including phenoxy) is 1. The van der Waals surface area contributed by atoms with Gasteiger partial charge >= 0.3 is 0 Å². The van der Waals surface area contributed by atoms with E-state index >= 15 is 0 Å². The monoisotopic (exact) mass is 285 g/mol. The number of carbonyl (C=O) groups excluding carboxylic acids is 1. The number of nitrogens with zero attached hydrogens (tertiary/aromatic N) is 1. The Bertz CT molecular complexity index is 509. The summed E-state index contributed by atoms with van der Waals surface area (Å²) in [6.45, 7) is 0. The average Bonchev–Trinajstić information content (AvgIpc) is 2.61. The Hall–Kier alpha value is -0.940. The second-order valence-corrected chi connectivity index (χ2v) is 4.87. The minimum Gasteiger partial charge on any atom is -0.497 e. The molecule has 15 heavy (non-hydrogen) atoms. The van der Waals surface area contributed by atoms with Crippen molar-refractivity contribution in [1.29, 1.82) is 0 Å². The molecule has 0 fully saturated rings. The summed E-state index contributed by atoms with van der Waals surface area (Å²) in [5.74, 6) is 0.761. The summed E-state index contributed by atoms with van der Waals surface area (Å²) >= 11 is 4.98. The van der Waals surface area contributed by atoms with Crippen LogP contribution in [-0.2, 0) is 11.2 Å². The van der Waals surface area contributed by atoms with Crippen molar-refractivity contribution >= 4 is 43.8 Å². The standard InChI is InChI=1S/C10H8BrNO2S/c1-14-6-4-7(11)10-8(5-6)12-9(15-10)2-3-13/h3-5H,2H2,1H3. The Balaban J connectivity index is 2.59. The van der Waals surface area contributed by atoms with E-state index in [9.17, 15) is 4.79 Å². The van der Waals surface area contributed by atoms with Crippen LogP contribution in [0.5, 0.6) is 5.75 Å². The van der Waals surface area contributed by atoms with Crippen molar-refractivity contribution in [2.45, 2.75) is 6.42 Å². The van der Waals surface area contributed by atoms with Crippen molar-refractivity contribution in [3.05, 3.63) is 21.6 Å². The average molecular weight is 286 g/mol. The SMILES string of the molecule is COc1cc(Br)c2sc(CC=O)nc2c1. The quantitative estimate of drug-likeness (QED) is 0.814. The maximum absolute atomic E-state index is 10.4. The van der Waals surface area contributed by atoms with Crippen LogP contribution in [-0.4, -0.2) is 18.4 Å². The van der Waals surface area contributed by atoms with Crippen LogP contribution in [0.15, 0.2) is 16.6 Å². The molecular weight excluding hydrogens is 278 g/mol. The van der Waals surface area contributed by atoms with Gasteiger partial charge in [-0.1, -0.05) is 0 Å². The van der Waals surface area contributed by atoms with Crippen molar-refractivity contribution in [1.82, 2.24) is 4.98 Å². The van der Waals surface area contributed by atoms with Gasteiger partial charge in [-0.2, -0.15) is 0 Å². The highest BCUT2D eigenvalue weighted by atomic mass is 79.9. The van der Waals surface area contributed by atoms with Gasteiger partial charge < -0.3 is 9.53 Å². The van der Waals surface area contributed by atoms with E-state index in [-0.39, 0.29) is 0 Å². The lowest BCUT2D eigenvalue weighted by molar-refractivity contribution is -0.107. The van der Waals surface area contributed by atoms with Gasteiger partial charge in [0.2, 0.25) is 0 Å². The number of aldehydes is 1. The molecule has 0 spiro atoms. The number of rotatable bonds is 3. The van der Waals surface area contributed by atoms with Crippen LogP contribution in [0.4, 0.5) is 0 Å². The zero-order valence-corrected chi connectivity index (χ0v) is 10.4. The van der Waals surface area contributed by atoms with Gasteiger partial charge in [0.05, 0.1) is 23.7 Å². The van der Waals surface area contributed by atoms with E-state index in [2.05, 4.69) is 20.9 Å². The molecule has 0 aliphatic carbocycles. The summed E-state index contributed by atoms with van der Waals surface area (Å²) in [5.41, 5.74) is 0.864. The van der Waals surface area contributed by atoms with Crippen LogP contribution in [0.2, 0.25) is 0 Å². The number of halogens is 1. The minimum atomic E-state index is 0.369. The number of hydrogen-bond acceptors (Lipinski definition) is 4. The minimum absolute atomic E-state index is 0.369. The third-order valence-corrected chi connectivity index (χ3v) is 3.97. The Morgan fingerprint density at radius 1 is 1.60 bits per heavy atom. The summed E-state index contributed by atoms with van der Waals surface area (Å²) in [7, 11) is 1.62. The van der Waals surface area contributed by atoms with Crippen LogP contribution in [0, 0.1) is 0 Å². The summed E-state index contributed by atoms with van der Waals surface area (Å²) in [6.07, 6.45) is 1.23. The summed E-state index contributed by atoms with van der Waals surface area (Å²) in [4.78, 5) is 14.7. The lowest BCUT2D eigenvalue weighted by atomic mass is 10.3. The molecule has 0 unspecified atom stereocenters. The lowest BCUT2D eigenvalue weighted by Crippen LogP contribution is -1.83. The Morgan fingerprint density at radius 2 is 2.40 bits per heavy atom. The van der Waals surface area contributed by atoms with Crippen molar-refractivity contribution < 1.29 is 9.53 Å². The number of methoxy groups -OCH3 is 1. The molecule has 0 radical (unpaired) electrons. The molecule has 1 aromatic heterocycles. The van der Waals surface area contributed by atoms with Crippen molar-refractivity contribution in [3.8, 4) is 5.75 Å². The van der Waals surface area contributed by atoms with E-state index in [4.69, 9.17) is 4.74 Å². The highest BCUT2D eigenvalue weighted by Crippen LogP contribution is 2.33. The van der Waals surface area contributed by atoms with Gasteiger partial charge in [-0.15, -0.1) is 11.3 Å². The van der Waals surface area contributed by atoms with Gasteiger partial charge in [0.1, 0.15) is 17.0 Å². The Kier molecular flexibility index (Phi) is 3.02. The fourth-order valence-corrected chi connectivity index (χ4v) is 2.86. The molecule has 3 nitrogen and oxygen atoms in total. The largest absolute Gasteiger partial charge is 0.497 e. The summed E-state index contributed by atoms with van der Waals surface area (Å²) in [5, 5.41) is 0.828. The van der Waals surface area contributed by atoms with E-state index in [1.165, 1.54) is 11.3 Å². The summed E-state index contributed by atoms with van der Waals surface area (Å²) in [6, 6.07) is 3.76. The van der Waals surface area contributed by atoms with Gasteiger partial charge in [0, 0.05) is 10.5 Å². The van der Waals surface area contributed by atoms with E-state index < -0.39 is 0 Å². The van der Waals surface area contributed by atoms with Crippen molar-refractivity contribution in [3.63, 3.8) is 0 Å². The second-order valence-electron chi connectivity index (χ2n) is 2.94. The molecular formula is C10H8BrNO2S. The van der Waals surface area contributed by atoms with Gasteiger partial charge in [0.25, 0.3) is 0 Å². The molecule has 2 rings (SSSR count). The summed E-state index contributed by atoms with van der Waals surface area (Å²) < 4.78 is 7.14. The maximum Gasteiger partial charge on any atom is 0.126 e. The van der Waals surface area contributed by atoms with E-state index in [0.717, 1.165) is 31.7 Å². The number of thiazole rings is 1. The van der Waals surface area contributed by atoms with E-state index in [1.54, 1.807) is 7.11 Å². The highest BCUT2D eigenvalue weighted by Gasteiger charge is 2.08. The first kappa shape index (κ1) is 10.6. The first-order valence-electron chi connectivity index (χ1n) is 4.31. The molecule has 0 bridgehead atoms. The van der Waals surface area contributed by atoms with Crippen molar-refractivity contribution in [2.24, 2.45) is 0 Å². The van der Waals surface area contributed by atoms with E-state index in [0.29, 0.717) is 6.42 Å². The van der Waals surface area contributed by atoms with Gasteiger partial charge in [-0.3, -0.25) is 0 Å². The third kappa shape index (κ3) is 2.03. The molecule has 0 aliphatic heterocycles. The topological polar surface area (TPSA) is 39.2 Å². The molecule has 0 saturated heterocycles. The molecule has 0 saturated carbocycles. The zero-order chi connectivity index (χ0) is 10.8. The van der Waals surface area contributed by atoms with Crippen LogP contribution >= 0.6 is 27.3 Å². The van der Waals surface area contributed by atoms with E-state index in [1.807, 2.05) is 12.1 Å². The van der Waals surface area contributed by atoms with Crippen LogP contribution in [0.25, 0.3) is 10.2 Å². The zero-order valence-electron chi connectivity index (χ0n) is 7.99. The number of fused-ring (bicyclic) bond motifs is 1.